The number of sulfonamides is 1. The molecule has 0 fully saturated rings. The molecule has 0 aliphatic rings. The minimum atomic E-state index is -3.43. The van der Waals surface area contributed by atoms with Gasteiger partial charge in [-0.2, -0.15) is 0 Å². The van der Waals surface area contributed by atoms with E-state index in [1.807, 2.05) is 26.1 Å². The Morgan fingerprint density at radius 3 is 2.33 bits per heavy atom. The monoisotopic (exact) mass is 312 g/mol. The zero-order chi connectivity index (χ0) is 16.1. The standard InChI is InChI=1S/C16H28N2O2S/c1-6-11-18-21(19,20)14-10-8-7-9-13(14)12-15(17-5)16(2,3)4/h7-10,15,17-18H,6,11-12H2,1-5H3. The first-order chi connectivity index (χ1) is 9.72. The SMILES string of the molecule is CCCNS(=O)(=O)c1ccccc1CC(NC)C(C)(C)C. The fourth-order valence-corrected chi connectivity index (χ4v) is 3.69. The number of hydrogen-bond donors (Lipinski definition) is 2. The van der Waals surface area contributed by atoms with Crippen LogP contribution in [0.2, 0.25) is 0 Å². The summed E-state index contributed by atoms with van der Waals surface area (Å²) in [6, 6.07) is 7.46. The van der Waals surface area contributed by atoms with Crippen LogP contribution in [0.1, 0.15) is 39.7 Å². The molecule has 5 heteroatoms. The highest BCUT2D eigenvalue weighted by Crippen LogP contribution is 2.25. The van der Waals surface area contributed by atoms with Crippen molar-refractivity contribution in [3.63, 3.8) is 0 Å². The summed E-state index contributed by atoms with van der Waals surface area (Å²) in [5, 5.41) is 3.30. The largest absolute Gasteiger partial charge is 0.316 e. The summed E-state index contributed by atoms with van der Waals surface area (Å²) in [6.07, 6.45) is 1.46. The molecule has 1 aromatic carbocycles. The molecule has 0 heterocycles. The highest BCUT2D eigenvalue weighted by atomic mass is 32.2. The Balaban J connectivity index is 3.10. The molecule has 0 radical (unpaired) electrons. The van der Waals surface area contributed by atoms with Crippen molar-refractivity contribution in [2.75, 3.05) is 13.6 Å². The Morgan fingerprint density at radius 2 is 1.81 bits per heavy atom. The molecule has 0 aromatic heterocycles. The predicted molar refractivity (Wildman–Crippen MR) is 87.9 cm³/mol. The molecule has 1 rings (SSSR count). The van der Waals surface area contributed by atoms with Gasteiger partial charge in [-0.1, -0.05) is 45.9 Å². The number of benzene rings is 1. The van der Waals surface area contributed by atoms with Crippen LogP contribution in [0.3, 0.4) is 0 Å². The van der Waals surface area contributed by atoms with Gasteiger partial charge in [0.2, 0.25) is 10.0 Å². The van der Waals surface area contributed by atoms with Crippen molar-refractivity contribution in [1.82, 2.24) is 10.0 Å². The highest BCUT2D eigenvalue weighted by molar-refractivity contribution is 7.89. The van der Waals surface area contributed by atoms with Crippen LogP contribution in [-0.4, -0.2) is 28.1 Å². The lowest BCUT2D eigenvalue weighted by Crippen LogP contribution is -2.40. The van der Waals surface area contributed by atoms with Gasteiger partial charge in [0.15, 0.2) is 0 Å². The van der Waals surface area contributed by atoms with E-state index < -0.39 is 10.0 Å². The van der Waals surface area contributed by atoms with Crippen LogP contribution < -0.4 is 10.0 Å². The van der Waals surface area contributed by atoms with Gasteiger partial charge < -0.3 is 5.32 Å². The van der Waals surface area contributed by atoms with Gasteiger partial charge in [0, 0.05) is 12.6 Å². The van der Waals surface area contributed by atoms with Gasteiger partial charge in [-0.25, -0.2) is 13.1 Å². The average Bonchev–Trinajstić information content (AvgIpc) is 2.41. The van der Waals surface area contributed by atoms with Gasteiger partial charge in [0.05, 0.1) is 4.90 Å². The number of hydrogen-bond acceptors (Lipinski definition) is 3. The zero-order valence-corrected chi connectivity index (χ0v) is 14.5. The predicted octanol–water partition coefficient (Wildman–Crippen LogP) is 2.55. The minimum absolute atomic E-state index is 0.0580. The molecule has 1 atom stereocenters. The Labute approximate surface area is 129 Å². The summed E-state index contributed by atoms with van der Waals surface area (Å²) in [5.74, 6) is 0. The lowest BCUT2D eigenvalue weighted by atomic mass is 9.83. The van der Waals surface area contributed by atoms with Crippen molar-refractivity contribution >= 4 is 10.0 Å². The van der Waals surface area contributed by atoms with E-state index in [-0.39, 0.29) is 11.5 Å². The lowest BCUT2D eigenvalue weighted by Gasteiger charge is -2.31. The van der Waals surface area contributed by atoms with Crippen LogP contribution in [0.5, 0.6) is 0 Å². The van der Waals surface area contributed by atoms with Gasteiger partial charge in [-0.3, -0.25) is 0 Å². The van der Waals surface area contributed by atoms with Crippen LogP contribution in [0, 0.1) is 5.41 Å². The summed E-state index contributed by atoms with van der Waals surface area (Å²) in [6.45, 7) is 8.87. The lowest BCUT2D eigenvalue weighted by molar-refractivity contribution is 0.279. The van der Waals surface area contributed by atoms with Crippen molar-refractivity contribution in [3.05, 3.63) is 29.8 Å². The summed E-state index contributed by atoms with van der Waals surface area (Å²) < 4.78 is 27.4. The fourth-order valence-electron chi connectivity index (χ4n) is 2.31. The molecule has 0 bridgehead atoms. The van der Waals surface area contributed by atoms with Crippen LogP contribution in [0.15, 0.2) is 29.2 Å². The van der Waals surface area contributed by atoms with Crippen molar-refractivity contribution in [3.8, 4) is 0 Å². The van der Waals surface area contributed by atoms with Crippen LogP contribution in [0.25, 0.3) is 0 Å². The van der Waals surface area contributed by atoms with Gasteiger partial charge in [-0.05, 0) is 36.9 Å². The van der Waals surface area contributed by atoms with E-state index in [0.717, 1.165) is 12.0 Å². The number of nitrogens with one attached hydrogen (secondary N) is 2. The molecule has 0 spiro atoms. The van der Waals surface area contributed by atoms with E-state index in [1.165, 1.54) is 0 Å². The quantitative estimate of drug-likeness (QED) is 0.813. The molecule has 0 aliphatic heterocycles. The van der Waals surface area contributed by atoms with Gasteiger partial charge >= 0.3 is 0 Å². The van der Waals surface area contributed by atoms with Crippen LogP contribution in [0.4, 0.5) is 0 Å². The summed E-state index contributed by atoms with van der Waals surface area (Å²) >= 11 is 0. The first-order valence-corrected chi connectivity index (χ1v) is 8.95. The van der Waals surface area contributed by atoms with E-state index in [2.05, 4.69) is 30.8 Å². The molecule has 0 saturated heterocycles. The number of rotatable bonds is 7. The van der Waals surface area contributed by atoms with Crippen molar-refractivity contribution in [2.24, 2.45) is 5.41 Å². The first kappa shape index (κ1) is 18.1. The molecule has 21 heavy (non-hydrogen) atoms. The molecule has 120 valence electrons. The maximum atomic E-state index is 12.4. The normalized spacial score (nSPS) is 14.1. The van der Waals surface area contributed by atoms with E-state index in [4.69, 9.17) is 0 Å². The van der Waals surface area contributed by atoms with Crippen molar-refractivity contribution < 1.29 is 8.42 Å². The number of likely N-dealkylation sites (N-methyl/N-ethyl adjacent to an activating group) is 1. The van der Waals surface area contributed by atoms with E-state index in [9.17, 15) is 8.42 Å². The Bertz CT molecular complexity index is 548. The smallest absolute Gasteiger partial charge is 0.240 e. The molecular formula is C16H28N2O2S. The summed E-state index contributed by atoms with van der Waals surface area (Å²) in [7, 11) is -1.51. The molecule has 4 nitrogen and oxygen atoms in total. The van der Waals surface area contributed by atoms with Crippen molar-refractivity contribution in [1.29, 1.82) is 0 Å². The first-order valence-electron chi connectivity index (χ1n) is 7.47. The maximum absolute atomic E-state index is 12.4. The third-order valence-corrected chi connectivity index (χ3v) is 5.18. The second-order valence-electron chi connectivity index (χ2n) is 6.42. The average molecular weight is 312 g/mol. The minimum Gasteiger partial charge on any atom is -0.316 e. The highest BCUT2D eigenvalue weighted by Gasteiger charge is 2.26. The molecule has 1 unspecified atom stereocenters. The topological polar surface area (TPSA) is 58.2 Å². The molecule has 2 N–H and O–H groups in total. The Morgan fingerprint density at radius 1 is 1.19 bits per heavy atom. The second-order valence-corrected chi connectivity index (χ2v) is 8.15. The molecular weight excluding hydrogens is 284 g/mol. The van der Waals surface area contributed by atoms with Crippen molar-refractivity contribution in [2.45, 2.75) is 51.5 Å². The van der Waals surface area contributed by atoms with Gasteiger partial charge in [-0.15, -0.1) is 0 Å². The molecule has 0 aliphatic carbocycles. The Kier molecular flexibility index (Phi) is 6.38. The van der Waals surface area contributed by atoms with E-state index >= 15 is 0 Å². The summed E-state index contributed by atoms with van der Waals surface area (Å²) in [4.78, 5) is 0.392. The van der Waals surface area contributed by atoms with E-state index in [1.54, 1.807) is 12.1 Å². The molecule has 1 aromatic rings. The molecule has 0 amide bonds. The van der Waals surface area contributed by atoms with E-state index in [0.29, 0.717) is 17.9 Å². The van der Waals surface area contributed by atoms with Gasteiger partial charge in [0.25, 0.3) is 0 Å². The third kappa shape index (κ3) is 5.09. The maximum Gasteiger partial charge on any atom is 0.240 e. The molecule has 0 saturated carbocycles. The Hall–Kier alpha value is -0.910. The second kappa shape index (κ2) is 7.38. The zero-order valence-electron chi connectivity index (χ0n) is 13.7. The van der Waals surface area contributed by atoms with Crippen LogP contribution >= 0.6 is 0 Å². The van der Waals surface area contributed by atoms with Gasteiger partial charge in [0.1, 0.15) is 0 Å². The van der Waals surface area contributed by atoms with Crippen LogP contribution in [-0.2, 0) is 16.4 Å². The fraction of sp³-hybridized carbons (Fsp3) is 0.625. The third-order valence-electron chi connectivity index (χ3n) is 3.62. The summed E-state index contributed by atoms with van der Waals surface area (Å²) in [5.41, 5.74) is 0.915.